The van der Waals surface area contributed by atoms with Gasteiger partial charge >= 0.3 is 0 Å². The Morgan fingerprint density at radius 2 is 2.12 bits per heavy atom. The predicted octanol–water partition coefficient (Wildman–Crippen LogP) is 0.944. The lowest BCUT2D eigenvalue weighted by Crippen LogP contribution is -2.49. The van der Waals surface area contributed by atoms with Crippen molar-refractivity contribution in [3.05, 3.63) is 48.5 Å². The molecule has 1 aliphatic heterocycles. The van der Waals surface area contributed by atoms with Crippen LogP contribution in [0.25, 0.3) is 0 Å². The summed E-state index contributed by atoms with van der Waals surface area (Å²) in [5.41, 5.74) is 1.33. The Morgan fingerprint density at radius 1 is 1.32 bits per heavy atom. The van der Waals surface area contributed by atoms with Gasteiger partial charge in [-0.2, -0.15) is 5.10 Å². The first-order valence-electron chi connectivity index (χ1n) is 8.74. The first-order chi connectivity index (χ1) is 12.1. The molecule has 0 bridgehead atoms. The molecule has 2 heterocycles. The van der Waals surface area contributed by atoms with Gasteiger partial charge in [-0.15, -0.1) is 0 Å². The fourth-order valence-corrected chi connectivity index (χ4v) is 3.22. The van der Waals surface area contributed by atoms with E-state index in [0.29, 0.717) is 12.6 Å². The number of carbonyl (C=O) groups is 1. The molecule has 0 aliphatic carbocycles. The van der Waals surface area contributed by atoms with Gasteiger partial charge in [0.2, 0.25) is 5.91 Å². The second-order valence-electron chi connectivity index (χ2n) is 6.57. The third kappa shape index (κ3) is 4.43. The lowest BCUT2D eigenvalue weighted by atomic mass is 10.0. The summed E-state index contributed by atoms with van der Waals surface area (Å²) in [5, 5.41) is 7.04. The first-order valence-corrected chi connectivity index (χ1v) is 8.74. The zero-order valence-corrected chi connectivity index (χ0v) is 14.9. The molecule has 134 valence electrons. The normalized spacial score (nSPS) is 20.3. The van der Waals surface area contributed by atoms with Crippen LogP contribution in [-0.2, 0) is 4.79 Å². The number of hydrogen-bond acceptors (Lipinski definition) is 5. The molecule has 1 amide bonds. The number of rotatable bonds is 6. The maximum absolute atomic E-state index is 12.3. The Morgan fingerprint density at radius 3 is 2.84 bits per heavy atom. The number of amides is 1. The molecule has 1 saturated heterocycles. The van der Waals surface area contributed by atoms with E-state index in [0.717, 1.165) is 26.2 Å². The fourth-order valence-electron chi connectivity index (χ4n) is 3.22. The van der Waals surface area contributed by atoms with Crippen molar-refractivity contribution in [2.45, 2.75) is 19.0 Å². The van der Waals surface area contributed by atoms with Gasteiger partial charge in [0, 0.05) is 38.8 Å². The van der Waals surface area contributed by atoms with Crippen molar-refractivity contribution in [3.63, 3.8) is 0 Å². The Kier molecular flexibility index (Phi) is 5.78. The minimum Gasteiger partial charge on any atom is -0.353 e. The van der Waals surface area contributed by atoms with Crippen LogP contribution < -0.4 is 5.32 Å². The topological polar surface area (TPSA) is 66.3 Å². The molecule has 2 atom stereocenters. The van der Waals surface area contributed by atoms with Crippen molar-refractivity contribution in [2.24, 2.45) is 0 Å². The Labute approximate surface area is 148 Å². The average molecular weight is 342 g/mol. The average Bonchev–Trinajstić information content (AvgIpc) is 3.17. The summed E-state index contributed by atoms with van der Waals surface area (Å²) >= 11 is 0. The summed E-state index contributed by atoms with van der Waals surface area (Å²) in [4.78, 5) is 21.0. The van der Waals surface area contributed by atoms with Gasteiger partial charge in [0.15, 0.2) is 0 Å². The number of carbonyl (C=O) groups excluding carboxylic acids is 1. The van der Waals surface area contributed by atoms with E-state index in [1.54, 1.807) is 11.0 Å². The Hall–Kier alpha value is -2.25. The third-order valence-corrected chi connectivity index (χ3v) is 4.79. The molecule has 7 nitrogen and oxygen atoms in total. The van der Waals surface area contributed by atoms with Crippen LogP contribution in [0, 0.1) is 0 Å². The van der Waals surface area contributed by atoms with E-state index in [2.05, 4.69) is 56.5 Å². The number of nitrogens with zero attached hydrogens (tertiary/aromatic N) is 5. The van der Waals surface area contributed by atoms with E-state index >= 15 is 0 Å². The van der Waals surface area contributed by atoms with E-state index in [-0.39, 0.29) is 11.9 Å². The SMILES string of the molecule is C[C@H](C(=O)NCCN1CCN(C)C[C@H]1c1ccccc1)n1cncn1. The summed E-state index contributed by atoms with van der Waals surface area (Å²) in [5.74, 6) is -0.0316. The first kappa shape index (κ1) is 17.6. The molecule has 25 heavy (non-hydrogen) atoms. The molecule has 1 fully saturated rings. The van der Waals surface area contributed by atoms with Crippen LogP contribution in [0.5, 0.6) is 0 Å². The molecule has 1 aliphatic rings. The lowest BCUT2D eigenvalue weighted by molar-refractivity contribution is -0.124. The van der Waals surface area contributed by atoms with E-state index in [1.165, 1.54) is 11.9 Å². The highest BCUT2D eigenvalue weighted by atomic mass is 16.2. The van der Waals surface area contributed by atoms with E-state index in [9.17, 15) is 4.79 Å². The molecule has 0 spiro atoms. The summed E-state index contributed by atoms with van der Waals surface area (Å²) in [6.45, 7) is 6.35. The van der Waals surface area contributed by atoms with Crippen LogP contribution >= 0.6 is 0 Å². The summed E-state index contributed by atoms with van der Waals surface area (Å²) in [6.07, 6.45) is 3.01. The van der Waals surface area contributed by atoms with Gasteiger partial charge < -0.3 is 10.2 Å². The van der Waals surface area contributed by atoms with Gasteiger partial charge in [0.1, 0.15) is 18.7 Å². The molecule has 1 aromatic carbocycles. The molecule has 0 unspecified atom stereocenters. The van der Waals surface area contributed by atoms with Crippen molar-refractivity contribution in [1.82, 2.24) is 29.9 Å². The second kappa shape index (κ2) is 8.22. The van der Waals surface area contributed by atoms with Crippen molar-refractivity contribution in [2.75, 3.05) is 39.8 Å². The number of benzene rings is 1. The smallest absolute Gasteiger partial charge is 0.244 e. The zero-order chi connectivity index (χ0) is 17.6. The van der Waals surface area contributed by atoms with Crippen molar-refractivity contribution < 1.29 is 4.79 Å². The quantitative estimate of drug-likeness (QED) is 0.846. The van der Waals surface area contributed by atoms with Gasteiger partial charge in [-0.05, 0) is 19.5 Å². The summed E-state index contributed by atoms with van der Waals surface area (Å²) < 4.78 is 1.57. The van der Waals surface area contributed by atoms with Gasteiger partial charge in [0.25, 0.3) is 0 Å². The fraction of sp³-hybridized carbons (Fsp3) is 0.500. The number of likely N-dealkylation sites (N-methyl/N-ethyl adjacent to an activating group) is 1. The minimum atomic E-state index is -0.347. The standard InChI is InChI=1S/C18H26N6O/c1-15(24-14-19-13-21-24)18(25)20-8-9-23-11-10-22(2)12-17(23)16-6-4-3-5-7-16/h3-7,13-15,17H,8-12H2,1-2H3,(H,20,25)/t15-,17+/m1/s1. The highest BCUT2D eigenvalue weighted by molar-refractivity contribution is 5.79. The number of piperazine rings is 1. The minimum absolute atomic E-state index is 0.0316. The molecule has 0 saturated carbocycles. The van der Waals surface area contributed by atoms with Crippen molar-refractivity contribution >= 4 is 5.91 Å². The van der Waals surface area contributed by atoms with Crippen LogP contribution in [-0.4, -0.2) is 70.2 Å². The molecule has 0 radical (unpaired) electrons. The van der Waals surface area contributed by atoms with Crippen molar-refractivity contribution in [1.29, 1.82) is 0 Å². The molecule has 1 N–H and O–H groups in total. The van der Waals surface area contributed by atoms with Crippen molar-refractivity contribution in [3.8, 4) is 0 Å². The second-order valence-corrected chi connectivity index (χ2v) is 6.57. The van der Waals surface area contributed by atoms with Gasteiger partial charge in [-0.1, -0.05) is 30.3 Å². The van der Waals surface area contributed by atoms with E-state index < -0.39 is 0 Å². The monoisotopic (exact) mass is 342 g/mol. The maximum Gasteiger partial charge on any atom is 0.244 e. The third-order valence-electron chi connectivity index (χ3n) is 4.79. The molecule has 3 rings (SSSR count). The van der Waals surface area contributed by atoms with Gasteiger partial charge in [-0.3, -0.25) is 9.69 Å². The van der Waals surface area contributed by atoms with E-state index in [4.69, 9.17) is 0 Å². The Bertz CT molecular complexity index is 659. The number of hydrogen-bond donors (Lipinski definition) is 1. The molecular formula is C18H26N6O. The lowest BCUT2D eigenvalue weighted by Gasteiger charge is -2.40. The molecule has 1 aromatic heterocycles. The molecule has 7 heteroatoms. The highest BCUT2D eigenvalue weighted by Gasteiger charge is 2.26. The van der Waals surface area contributed by atoms with Crippen LogP contribution in [0.2, 0.25) is 0 Å². The molecular weight excluding hydrogens is 316 g/mol. The maximum atomic E-state index is 12.3. The highest BCUT2D eigenvalue weighted by Crippen LogP contribution is 2.24. The van der Waals surface area contributed by atoms with Crippen LogP contribution in [0.4, 0.5) is 0 Å². The predicted molar refractivity (Wildman–Crippen MR) is 96.0 cm³/mol. The van der Waals surface area contributed by atoms with E-state index in [1.807, 2.05) is 13.0 Å². The zero-order valence-electron chi connectivity index (χ0n) is 14.9. The van der Waals surface area contributed by atoms with Gasteiger partial charge in [-0.25, -0.2) is 9.67 Å². The van der Waals surface area contributed by atoms with Gasteiger partial charge in [0.05, 0.1) is 0 Å². The van der Waals surface area contributed by atoms with Crippen LogP contribution in [0.15, 0.2) is 43.0 Å². The number of nitrogens with one attached hydrogen (secondary N) is 1. The largest absolute Gasteiger partial charge is 0.353 e. The van der Waals surface area contributed by atoms with Crippen LogP contribution in [0.3, 0.4) is 0 Å². The summed E-state index contributed by atoms with van der Waals surface area (Å²) in [7, 11) is 2.16. The Balaban J connectivity index is 1.55. The number of aromatic nitrogens is 3. The molecule has 2 aromatic rings. The summed E-state index contributed by atoms with van der Waals surface area (Å²) in [6, 6.07) is 10.6. The van der Waals surface area contributed by atoms with Crippen LogP contribution in [0.1, 0.15) is 24.6 Å².